The SMILES string of the molecule is CC(C)CC(=O)OCCC(=O)O. The van der Waals surface area contributed by atoms with E-state index in [1.807, 2.05) is 13.8 Å². The van der Waals surface area contributed by atoms with Gasteiger partial charge in [-0.15, -0.1) is 0 Å². The third-order valence-corrected chi connectivity index (χ3v) is 1.15. The van der Waals surface area contributed by atoms with Crippen LogP contribution in [0.3, 0.4) is 0 Å². The first-order valence-electron chi connectivity index (χ1n) is 3.89. The van der Waals surface area contributed by atoms with Crippen LogP contribution in [0.2, 0.25) is 0 Å². The molecule has 0 aliphatic rings. The van der Waals surface area contributed by atoms with Crippen molar-refractivity contribution in [3.8, 4) is 0 Å². The summed E-state index contributed by atoms with van der Waals surface area (Å²) >= 11 is 0. The molecule has 4 heteroatoms. The van der Waals surface area contributed by atoms with Crippen molar-refractivity contribution < 1.29 is 19.4 Å². The van der Waals surface area contributed by atoms with E-state index in [9.17, 15) is 9.59 Å². The van der Waals surface area contributed by atoms with Gasteiger partial charge < -0.3 is 9.84 Å². The maximum atomic E-state index is 10.8. The monoisotopic (exact) mass is 174 g/mol. The highest BCUT2D eigenvalue weighted by Gasteiger charge is 2.06. The maximum absolute atomic E-state index is 10.8. The van der Waals surface area contributed by atoms with E-state index in [1.165, 1.54) is 0 Å². The molecule has 0 radical (unpaired) electrons. The van der Waals surface area contributed by atoms with Crippen molar-refractivity contribution in [1.82, 2.24) is 0 Å². The van der Waals surface area contributed by atoms with E-state index in [0.29, 0.717) is 6.42 Å². The average molecular weight is 174 g/mol. The number of hydrogen-bond donors (Lipinski definition) is 1. The first kappa shape index (κ1) is 10.9. The Morgan fingerprint density at radius 1 is 1.42 bits per heavy atom. The number of ether oxygens (including phenoxy) is 1. The quantitative estimate of drug-likeness (QED) is 0.633. The summed E-state index contributed by atoms with van der Waals surface area (Å²) in [6, 6.07) is 0. The van der Waals surface area contributed by atoms with Crippen molar-refractivity contribution in [3.63, 3.8) is 0 Å². The lowest BCUT2D eigenvalue weighted by Crippen LogP contribution is -2.11. The van der Waals surface area contributed by atoms with Crippen LogP contribution in [0.1, 0.15) is 26.7 Å². The number of carboxylic acid groups (broad SMARTS) is 1. The van der Waals surface area contributed by atoms with Gasteiger partial charge in [-0.3, -0.25) is 9.59 Å². The van der Waals surface area contributed by atoms with Crippen LogP contribution in [0, 0.1) is 5.92 Å². The van der Waals surface area contributed by atoms with Gasteiger partial charge in [0.1, 0.15) is 6.61 Å². The summed E-state index contributed by atoms with van der Waals surface area (Å²) in [6.45, 7) is 3.78. The zero-order valence-electron chi connectivity index (χ0n) is 7.37. The summed E-state index contributed by atoms with van der Waals surface area (Å²) in [5, 5.41) is 8.22. The van der Waals surface area contributed by atoms with E-state index in [0.717, 1.165) is 0 Å². The Bertz CT molecular complexity index is 162. The van der Waals surface area contributed by atoms with Crippen LogP contribution in [-0.2, 0) is 14.3 Å². The van der Waals surface area contributed by atoms with Gasteiger partial charge in [0.05, 0.1) is 6.42 Å². The van der Waals surface area contributed by atoms with Gasteiger partial charge in [-0.1, -0.05) is 13.8 Å². The third-order valence-electron chi connectivity index (χ3n) is 1.15. The molecular weight excluding hydrogens is 160 g/mol. The van der Waals surface area contributed by atoms with E-state index in [1.54, 1.807) is 0 Å². The molecule has 0 aromatic carbocycles. The average Bonchev–Trinajstić information content (AvgIpc) is 1.84. The molecule has 0 saturated heterocycles. The van der Waals surface area contributed by atoms with Crippen LogP contribution in [0.15, 0.2) is 0 Å². The van der Waals surface area contributed by atoms with E-state index in [4.69, 9.17) is 5.11 Å². The fourth-order valence-electron chi connectivity index (χ4n) is 0.644. The van der Waals surface area contributed by atoms with E-state index >= 15 is 0 Å². The van der Waals surface area contributed by atoms with Crippen molar-refractivity contribution in [2.75, 3.05) is 6.61 Å². The molecule has 0 aliphatic heterocycles. The van der Waals surface area contributed by atoms with Gasteiger partial charge in [-0.05, 0) is 5.92 Å². The van der Waals surface area contributed by atoms with Crippen molar-refractivity contribution in [1.29, 1.82) is 0 Å². The predicted molar refractivity (Wildman–Crippen MR) is 42.7 cm³/mol. The van der Waals surface area contributed by atoms with Crippen LogP contribution in [-0.4, -0.2) is 23.7 Å². The van der Waals surface area contributed by atoms with Gasteiger partial charge in [-0.2, -0.15) is 0 Å². The molecule has 0 aromatic heterocycles. The molecule has 0 amide bonds. The zero-order chi connectivity index (χ0) is 9.56. The molecule has 0 aliphatic carbocycles. The minimum absolute atomic E-state index is 0.0269. The molecular formula is C8H14O4. The fraction of sp³-hybridized carbons (Fsp3) is 0.750. The van der Waals surface area contributed by atoms with Gasteiger partial charge in [-0.25, -0.2) is 0 Å². The molecule has 12 heavy (non-hydrogen) atoms. The third kappa shape index (κ3) is 7.05. The summed E-state index contributed by atoms with van der Waals surface area (Å²) in [7, 11) is 0. The molecule has 70 valence electrons. The number of carbonyl (C=O) groups is 2. The Balaban J connectivity index is 3.38. The highest BCUT2D eigenvalue weighted by atomic mass is 16.5. The second-order valence-electron chi connectivity index (χ2n) is 2.96. The molecule has 0 unspecified atom stereocenters. The van der Waals surface area contributed by atoms with Crippen molar-refractivity contribution in [2.24, 2.45) is 5.92 Å². The maximum Gasteiger partial charge on any atom is 0.306 e. The largest absolute Gasteiger partial charge is 0.481 e. The lowest BCUT2D eigenvalue weighted by Gasteiger charge is -2.04. The second kappa shape index (κ2) is 5.57. The molecule has 0 atom stereocenters. The molecule has 4 nitrogen and oxygen atoms in total. The van der Waals surface area contributed by atoms with Gasteiger partial charge in [0.2, 0.25) is 0 Å². The fourth-order valence-corrected chi connectivity index (χ4v) is 0.644. The van der Waals surface area contributed by atoms with Gasteiger partial charge >= 0.3 is 11.9 Å². The lowest BCUT2D eigenvalue weighted by molar-refractivity contribution is -0.147. The Morgan fingerprint density at radius 2 is 2.00 bits per heavy atom. The number of carboxylic acids is 1. The number of hydrogen-bond acceptors (Lipinski definition) is 3. The highest BCUT2D eigenvalue weighted by Crippen LogP contribution is 2.00. The molecule has 0 saturated carbocycles. The summed E-state index contributed by atoms with van der Waals surface area (Å²) < 4.78 is 4.64. The highest BCUT2D eigenvalue weighted by molar-refractivity contribution is 5.70. The summed E-state index contributed by atoms with van der Waals surface area (Å²) in [5.41, 5.74) is 0. The standard InChI is InChI=1S/C8H14O4/c1-6(2)5-8(11)12-4-3-7(9)10/h6H,3-5H2,1-2H3,(H,9,10). The molecule has 0 spiro atoms. The van der Waals surface area contributed by atoms with E-state index < -0.39 is 5.97 Å². The number of aliphatic carboxylic acids is 1. The number of carbonyl (C=O) groups excluding carboxylic acids is 1. The Hall–Kier alpha value is -1.06. The Kier molecular flexibility index (Phi) is 5.08. The summed E-state index contributed by atoms with van der Waals surface area (Å²) in [6.07, 6.45) is 0.226. The lowest BCUT2D eigenvalue weighted by atomic mass is 10.1. The topological polar surface area (TPSA) is 63.6 Å². The van der Waals surface area contributed by atoms with Crippen molar-refractivity contribution in [3.05, 3.63) is 0 Å². The Morgan fingerprint density at radius 3 is 2.42 bits per heavy atom. The van der Waals surface area contributed by atoms with Crippen molar-refractivity contribution in [2.45, 2.75) is 26.7 Å². The van der Waals surface area contributed by atoms with Gasteiger partial charge in [0.15, 0.2) is 0 Å². The van der Waals surface area contributed by atoms with Crippen LogP contribution >= 0.6 is 0 Å². The summed E-state index contributed by atoms with van der Waals surface area (Å²) in [4.78, 5) is 20.8. The number of esters is 1. The molecule has 0 rings (SSSR count). The normalized spacial score (nSPS) is 9.92. The smallest absolute Gasteiger partial charge is 0.306 e. The molecule has 0 heterocycles. The Labute approximate surface area is 71.5 Å². The second-order valence-corrected chi connectivity index (χ2v) is 2.96. The molecule has 0 fully saturated rings. The molecule has 0 bridgehead atoms. The van der Waals surface area contributed by atoms with Gasteiger partial charge in [0.25, 0.3) is 0 Å². The minimum Gasteiger partial charge on any atom is -0.481 e. The van der Waals surface area contributed by atoms with Crippen LogP contribution in [0.25, 0.3) is 0 Å². The first-order valence-corrected chi connectivity index (χ1v) is 3.89. The number of rotatable bonds is 5. The molecule has 1 N–H and O–H groups in total. The van der Waals surface area contributed by atoms with Gasteiger partial charge in [0, 0.05) is 6.42 Å². The minimum atomic E-state index is -0.952. The predicted octanol–water partition coefficient (Wildman–Crippen LogP) is 1.05. The summed E-state index contributed by atoms with van der Waals surface area (Å²) in [5.74, 6) is -1.03. The van der Waals surface area contributed by atoms with Crippen molar-refractivity contribution >= 4 is 11.9 Å². The van der Waals surface area contributed by atoms with Crippen LogP contribution in [0.5, 0.6) is 0 Å². The van der Waals surface area contributed by atoms with E-state index in [2.05, 4.69) is 4.74 Å². The molecule has 0 aromatic rings. The van der Waals surface area contributed by atoms with Crippen LogP contribution < -0.4 is 0 Å². The van der Waals surface area contributed by atoms with E-state index in [-0.39, 0.29) is 24.9 Å². The van der Waals surface area contributed by atoms with Crippen LogP contribution in [0.4, 0.5) is 0 Å². The first-order chi connectivity index (χ1) is 5.52. The zero-order valence-corrected chi connectivity index (χ0v) is 7.37.